The standard InChI is InChI=1S/C14H23NO4/c1-14(13(17)18)7-8-15(10-14)12(16)6-5-11-4-2-3-9-19-11/h11H,2-10H2,1H3,(H,17,18)/t11-,14+/m0/s1. The lowest BCUT2D eigenvalue weighted by molar-refractivity contribution is -0.147. The fourth-order valence-electron chi connectivity index (χ4n) is 2.83. The summed E-state index contributed by atoms with van der Waals surface area (Å²) in [7, 11) is 0. The van der Waals surface area contributed by atoms with E-state index in [9.17, 15) is 9.59 Å². The summed E-state index contributed by atoms with van der Waals surface area (Å²) in [6.45, 7) is 3.42. The molecule has 0 radical (unpaired) electrons. The predicted octanol–water partition coefficient (Wildman–Crippen LogP) is 1.66. The number of likely N-dealkylation sites (tertiary alicyclic amines) is 1. The third-order valence-corrected chi connectivity index (χ3v) is 4.30. The van der Waals surface area contributed by atoms with E-state index >= 15 is 0 Å². The van der Waals surface area contributed by atoms with Crippen LogP contribution in [0.25, 0.3) is 0 Å². The molecule has 0 saturated carbocycles. The normalized spacial score (nSPS) is 31.4. The Kier molecular flexibility index (Phi) is 4.45. The second-order valence-corrected chi connectivity index (χ2v) is 5.96. The van der Waals surface area contributed by atoms with E-state index in [1.807, 2.05) is 0 Å². The van der Waals surface area contributed by atoms with Crippen molar-refractivity contribution >= 4 is 11.9 Å². The Balaban J connectivity index is 1.76. The number of carbonyl (C=O) groups excluding carboxylic acids is 1. The van der Waals surface area contributed by atoms with E-state index in [0.717, 1.165) is 25.9 Å². The van der Waals surface area contributed by atoms with Gasteiger partial charge in [-0.2, -0.15) is 0 Å². The largest absolute Gasteiger partial charge is 0.481 e. The summed E-state index contributed by atoms with van der Waals surface area (Å²) in [6, 6.07) is 0. The molecular formula is C14H23NO4. The van der Waals surface area contributed by atoms with Crippen molar-refractivity contribution in [1.82, 2.24) is 4.90 Å². The van der Waals surface area contributed by atoms with Gasteiger partial charge >= 0.3 is 5.97 Å². The highest BCUT2D eigenvalue weighted by Crippen LogP contribution is 2.30. The van der Waals surface area contributed by atoms with Gasteiger partial charge in [-0.1, -0.05) is 0 Å². The van der Waals surface area contributed by atoms with Gasteiger partial charge in [0.25, 0.3) is 0 Å². The molecule has 2 aliphatic rings. The first kappa shape index (κ1) is 14.3. The summed E-state index contributed by atoms with van der Waals surface area (Å²) < 4.78 is 5.61. The van der Waals surface area contributed by atoms with Gasteiger partial charge in [0.2, 0.25) is 5.91 Å². The Labute approximate surface area is 113 Å². The molecule has 0 aromatic carbocycles. The zero-order valence-electron chi connectivity index (χ0n) is 11.6. The number of aliphatic carboxylic acids is 1. The minimum Gasteiger partial charge on any atom is -0.481 e. The lowest BCUT2D eigenvalue weighted by Crippen LogP contribution is -2.35. The minimum atomic E-state index is -0.807. The summed E-state index contributed by atoms with van der Waals surface area (Å²) in [5.41, 5.74) is -0.767. The number of nitrogens with zero attached hydrogens (tertiary/aromatic N) is 1. The number of rotatable bonds is 4. The van der Waals surface area contributed by atoms with E-state index < -0.39 is 11.4 Å². The molecular weight excluding hydrogens is 246 g/mol. The number of hydrogen-bond acceptors (Lipinski definition) is 3. The van der Waals surface area contributed by atoms with Crippen molar-refractivity contribution in [3.05, 3.63) is 0 Å². The molecule has 108 valence electrons. The van der Waals surface area contributed by atoms with Crippen LogP contribution in [-0.4, -0.2) is 47.7 Å². The predicted molar refractivity (Wildman–Crippen MR) is 69.8 cm³/mol. The molecule has 0 aromatic rings. The number of carboxylic acids is 1. The molecule has 0 unspecified atom stereocenters. The lowest BCUT2D eigenvalue weighted by atomic mass is 9.90. The number of carbonyl (C=O) groups is 2. The van der Waals surface area contributed by atoms with Crippen molar-refractivity contribution < 1.29 is 19.4 Å². The fourth-order valence-corrected chi connectivity index (χ4v) is 2.83. The first-order valence-electron chi connectivity index (χ1n) is 7.14. The van der Waals surface area contributed by atoms with Crippen LogP contribution >= 0.6 is 0 Å². The molecule has 2 rings (SSSR count). The molecule has 5 nitrogen and oxygen atoms in total. The highest BCUT2D eigenvalue weighted by molar-refractivity contribution is 5.80. The smallest absolute Gasteiger partial charge is 0.311 e. The van der Waals surface area contributed by atoms with Crippen LogP contribution in [0.3, 0.4) is 0 Å². The maximum absolute atomic E-state index is 12.1. The third kappa shape index (κ3) is 3.47. The van der Waals surface area contributed by atoms with Crippen LogP contribution in [-0.2, 0) is 14.3 Å². The van der Waals surface area contributed by atoms with Crippen LogP contribution in [0.1, 0.15) is 45.4 Å². The SMILES string of the molecule is C[C@@]1(C(=O)O)CCN(C(=O)CC[C@@H]2CCCCO2)C1. The molecule has 0 aliphatic carbocycles. The Morgan fingerprint density at radius 2 is 2.21 bits per heavy atom. The van der Waals surface area contributed by atoms with Crippen LogP contribution in [0.4, 0.5) is 0 Å². The molecule has 0 spiro atoms. The molecule has 0 bridgehead atoms. The Hall–Kier alpha value is -1.10. The highest BCUT2D eigenvalue weighted by atomic mass is 16.5. The molecule has 2 atom stereocenters. The second kappa shape index (κ2) is 5.90. The third-order valence-electron chi connectivity index (χ3n) is 4.30. The van der Waals surface area contributed by atoms with Gasteiger partial charge in [-0.05, 0) is 39.0 Å². The van der Waals surface area contributed by atoms with Crippen LogP contribution in [0.15, 0.2) is 0 Å². The zero-order chi connectivity index (χ0) is 13.9. The minimum absolute atomic E-state index is 0.0687. The average molecular weight is 269 g/mol. The zero-order valence-corrected chi connectivity index (χ0v) is 11.6. The Morgan fingerprint density at radius 1 is 1.42 bits per heavy atom. The summed E-state index contributed by atoms with van der Waals surface area (Å²) >= 11 is 0. The molecule has 2 heterocycles. The maximum Gasteiger partial charge on any atom is 0.311 e. The quantitative estimate of drug-likeness (QED) is 0.843. The van der Waals surface area contributed by atoms with E-state index in [1.54, 1.807) is 11.8 Å². The van der Waals surface area contributed by atoms with Crippen molar-refractivity contribution in [2.24, 2.45) is 5.41 Å². The van der Waals surface area contributed by atoms with Crippen molar-refractivity contribution in [3.8, 4) is 0 Å². The maximum atomic E-state index is 12.1. The van der Waals surface area contributed by atoms with Crippen molar-refractivity contribution in [1.29, 1.82) is 0 Å². The van der Waals surface area contributed by atoms with E-state index in [4.69, 9.17) is 9.84 Å². The first-order valence-corrected chi connectivity index (χ1v) is 7.14. The van der Waals surface area contributed by atoms with Crippen LogP contribution in [0.5, 0.6) is 0 Å². The van der Waals surface area contributed by atoms with Gasteiger partial charge < -0.3 is 14.7 Å². The van der Waals surface area contributed by atoms with Crippen LogP contribution < -0.4 is 0 Å². The van der Waals surface area contributed by atoms with Crippen molar-refractivity contribution in [2.75, 3.05) is 19.7 Å². The van der Waals surface area contributed by atoms with Gasteiger partial charge in [-0.3, -0.25) is 9.59 Å². The van der Waals surface area contributed by atoms with Gasteiger partial charge in [-0.25, -0.2) is 0 Å². The molecule has 19 heavy (non-hydrogen) atoms. The van der Waals surface area contributed by atoms with Crippen molar-refractivity contribution in [3.63, 3.8) is 0 Å². The number of ether oxygens (including phenoxy) is 1. The topological polar surface area (TPSA) is 66.8 Å². The van der Waals surface area contributed by atoms with Crippen LogP contribution in [0.2, 0.25) is 0 Å². The van der Waals surface area contributed by atoms with Gasteiger partial charge in [0.05, 0.1) is 11.5 Å². The van der Waals surface area contributed by atoms with Gasteiger partial charge in [-0.15, -0.1) is 0 Å². The van der Waals surface area contributed by atoms with Crippen LogP contribution in [0, 0.1) is 5.41 Å². The van der Waals surface area contributed by atoms with Gasteiger partial charge in [0, 0.05) is 26.1 Å². The number of carboxylic acid groups (broad SMARTS) is 1. The molecule has 1 N–H and O–H groups in total. The Morgan fingerprint density at radius 3 is 2.79 bits per heavy atom. The summed E-state index contributed by atoms with van der Waals surface area (Å²) in [5.74, 6) is -0.738. The van der Waals surface area contributed by atoms with E-state index in [1.165, 1.54) is 6.42 Å². The monoisotopic (exact) mass is 269 g/mol. The van der Waals surface area contributed by atoms with Crippen molar-refractivity contribution in [2.45, 2.75) is 51.6 Å². The highest BCUT2D eigenvalue weighted by Gasteiger charge is 2.41. The van der Waals surface area contributed by atoms with E-state index in [0.29, 0.717) is 25.9 Å². The average Bonchev–Trinajstić information content (AvgIpc) is 2.81. The first-order chi connectivity index (χ1) is 9.01. The fraction of sp³-hybridized carbons (Fsp3) is 0.857. The molecule has 1 amide bonds. The molecule has 0 aromatic heterocycles. The summed E-state index contributed by atoms with van der Waals surface area (Å²) in [6.07, 6.45) is 5.34. The summed E-state index contributed by atoms with van der Waals surface area (Å²) in [5, 5.41) is 9.15. The van der Waals surface area contributed by atoms with Gasteiger partial charge in [0.1, 0.15) is 0 Å². The second-order valence-electron chi connectivity index (χ2n) is 5.96. The van der Waals surface area contributed by atoms with E-state index in [-0.39, 0.29) is 12.0 Å². The number of amides is 1. The molecule has 2 aliphatic heterocycles. The Bertz CT molecular complexity index is 351. The number of hydrogen-bond donors (Lipinski definition) is 1. The molecule has 5 heteroatoms. The lowest BCUT2D eigenvalue weighted by Gasteiger charge is -2.24. The van der Waals surface area contributed by atoms with Gasteiger partial charge in [0.15, 0.2) is 0 Å². The molecule has 2 fully saturated rings. The molecule has 2 saturated heterocycles. The van der Waals surface area contributed by atoms with E-state index in [2.05, 4.69) is 0 Å². The summed E-state index contributed by atoms with van der Waals surface area (Å²) in [4.78, 5) is 24.9.